The second-order valence-corrected chi connectivity index (χ2v) is 4.92. The predicted molar refractivity (Wildman–Crippen MR) is 74.4 cm³/mol. The first kappa shape index (κ1) is 14.1. The SMILES string of the molecule is CCOC1CC(Nc2cc(Cl)ccc2C#N)C1OC. The molecule has 3 unspecified atom stereocenters. The summed E-state index contributed by atoms with van der Waals surface area (Å²) < 4.78 is 11.0. The number of nitrogens with zero attached hydrogens (tertiary/aromatic N) is 1. The number of nitrogens with one attached hydrogen (secondary N) is 1. The van der Waals surface area contributed by atoms with Crippen LogP contribution >= 0.6 is 11.6 Å². The molecule has 5 heteroatoms. The van der Waals surface area contributed by atoms with Crippen molar-refractivity contribution < 1.29 is 9.47 Å². The molecule has 0 amide bonds. The molecule has 0 radical (unpaired) electrons. The van der Waals surface area contributed by atoms with Crippen molar-refractivity contribution in [2.75, 3.05) is 19.0 Å². The van der Waals surface area contributed by atoms with Gasteiger partial charge in [-0.2, -0.15) is 5.26 Å². The molecule has 1 saturated carbocycles. The Hall–Kier alpha value is -1.28. The zero-order chi connectivity index (χ0) is 13.8. The number of hydrogen-bond acceptors (Lipinski definition) is 4. The first-order valence-corrected chi connectivity index (χ1v) is 6.68. The average molecular weight is 281 g/mol. The fraction of sp³-hybridized carbons (Fsp3) is 0.500. The highest BCUT2D eigenvalue weighted by molar-refractivity contribution is 6.30. The summed E-state index contributed by atoms with van der Waals surface area (Å²) in [7, 11) is 1.67. The highest BCUT2D eigenvalue weighted by Gasteiger charge is 2.42. The molecule has 1 aromatic carbocycles. The van der Waals surface area contributed by atoms with Gasteiger partial charge >= 0.3 is 0 Å². The summed E-state index contributed by atoms with van der Waals surface area (Å²) in [6.07, 6.45) is 0.992. The summed E-state index contributed by atoms with van der Waals surface area (Å²) in [6, 6.07) is 7.49. The summed E-state index contributed by atoms with van der Waals surface area (Å²) in [5, 5.41) is 13.0. The number of nitriles is 1. The molecule has 4 nitrogen and oxygen atoms in total. The van der Waals surface area contributed by atoms with E-state index in [2.05, 4.69) is 11.4 Å². The molecule has 1 N–H and O–H groups in total. The van der Waals surface area contributed by atoms with Gasteiger partial charge in [-0.3, -0.25) is 0 Å². The van der Waals surface area contributed by atoms with Crippen LogP contribution in [0, 0.1) is 11.3 Å². The van der Waals surface area contributed by atoms with Gasteiger partial charge in [-0.1, -0.05) is 11.6 Å². The quantitative estimate of drug-likeness (QED) is 0.901. The van der Waals surface area contributed by atoms with E-state index in [1.165, 1.54) is 0 Å². The smallest absolute Gasteiger partial charge is 0.103 e. The maximum Gasteiger partial charge on any atom is 0.103 e. The molecule has 0 aromatic heterocycles. The van der Waals surface area contributed by atoms with Crippen molar-refractivity contribution in [3.63, 3.8) is 0 Å². The Balaban J connectivity index is 2.06. The minimum atomic E-state index is 0.00507. The van der Waals surface area contributed by atoms with Crippen molar-refractivity contribution in [1.82, 2.24) is 0 Å². The van der Waals surface area contributed by atoms with Crippen molar-refractivity contribution in [3.05, 3.63) is 28.8 Å². The Morgan fingerprint density at radius 3 is 2.95 bits per heavy atom. The molecule has 1 aliphatic rings. The molecule has 1 aromatic rings. The number of methoxy groups -OCH3 is 1. The lowest BCUT2D eigenvalue weighted by molar-refractivity contribution is -0.118. The largest absolute Gasteiger partial charge is 0.378 e. The molecular weight excluding hydrogens is 264 g/mol. The first-order valence-electron chi connectivity index (χ1n) is 6.30. The van der Waals surface area contributed by atoms with Crippen molar-refractivity contribution in [3.8, 4) is 6.07 Å². The van der Waals surface area contributed by atoms with Gasteiger partial charge in [0.25, 0.3) is 0 Å². The number of benzene rings is 1. The van der Waals surface area contributed by atoms with Gasteiger partial charge in [0.15, 0.2) is 0 Å². The first-order chi connectivity index (χ1) is 9.19. The maximum absolute atomic E-state index is 9.08. The highest BCUT2D eigenvalue weighted by atomic mass is 35.5. The van der Waals surface area contributed by atoms with Gasteiger partial charge in [0.2, 0.25) is 0 Å². The van der Waals surface area contributed by atoms with Crippen LogP contribution in [0.15, 0.2) is 18.2 Å². The van der Waals surface area contributed by atoms with E-state index in [1.807, 2.05) is 6.92 Å². The van der Waals surface area contributed by atoms with Crippen LogP contribution in [0.3, 0.4) is 0 Å². The maximum atomic E-state index is 9.08. The standard InChI is InChI=1S/C14H17ClN2O2/c1-3-19-13-7-12(14(13)18-2)17-11-6-10(15)5-4-9(11)8-16/h4-6,12-14,17H,3,7H2,1-2H3. The summed E-state index contributed by atoms with van der Waals surface area (Å²) in [5.41, 5.74) is 1.33. The van der Waals surface area contributed by atoms with E-state index in [0.717, 1.165) is 12.1 Å². The van der Waals surface area contributed by atoms with E-state index >= 15 is 0 Å². The molecule has 0 bridgehead atoms. The van der Waals surface area contributed by atoms with Gasteiger partial charge in [0.1, 0.15) is 12.2 Å². The molecule has 0 heterocycles. The second kappa shape index (κ2) is 6.25. The third-order valence-electron chi connectivity index (χ3n) is 3.35. The third-order valence-corrected chi connectivity index (χ3v) is 3.58. The molecule has 2 rings (SSSR count). The molecular formula is C14H17ClN2O2. The van der Waals surface area contributed by atoms with Crippen molar-refractivity contribution >= 4 is 17.3 Å². The van der Waals surface area contributed by atoms with Crippen LogP contribution in [0.5, 0.6) is 0 Å². The van der Waals surface area contributed by atoms with E-state index < -0.39 is 0 Å². The monoisotopic (exact) mass is 280 g/mol. The zero-order valence-corrected chi connectivity index (χ0v) is 11.8. The molecule has 1 fully saturated rings. The van der Waals surface area contributed by atoms with Gasteiger partial charge in [0.05, 0.1) is 23.4 Å². The molecule has 0 spiro atoms. The van der Waals surface area contributed by atoms with Crippen LogP contribution < -0.4 is 5.32 Å². The molecule has 0 saturated heterocycles. The Morgan fingerprint density at radius 2 is 2.32 bits per heavy atom. The fourth-order valence-corrected chi connectivity index (χ4v) is 2.52. The van der Waals surface area contributed by atoms with Crippen LogP contribution in [0.2, 0.25) is 5.02 Å². The van der Waals surface area contributed by atoms with Crippen LogP contribution in [-0.4, -0.2) is 32.0 Å². The fourth-order valence-electron chi connectivity index (χ4n) is 2.35. The Morgan fingerprint density at radius 1 is 1.53 bits per heavy atom. The van der Waals surface area contributed by atoms with Gasteiger partial charge in [-0.15, -0.1) is 0 Å². The molecule has 3 atom stereocenters. The number of halogens is 1. The summed E-state index contributed by atoms with van der Waals surface area (Å²) in [6.45, 7) is 2.65. The summed E-state index contributed by atoms with van der Waals surface area (Å²) in [5.74, 6) is 0. The van der Waals surface area contributed by atoms with Crippen LogP contribution in [0.25, 0.3) is 0 Å². The van der Waals surface area contributed by atoms with E-state index in [0.29, 0.717) is 17.2 Å². The molecule has 1 aliphatic carbocycles. The van der Waals surface area contributed by atoms with E-state index in [-0.39, 0.29) is 18.2 Å². The Kier molecular flexibility index (Phi) is 4.65. The number of rotatable bonds is 5. The van der Waals surface area contributed by atoms with Crippen LogP contribution in [0.1, 0.15) is 18.9 Å². The Bertz CT molecular complexity index is 487. The summed E-state index contributed by atoms with van der Waals surface area (Å²) in [4.78, 5) is 0. The predicted octanol–water partition coefficient (Wildman–Crippen LogP) is 2.82. The minimum absolute atomic E-state index is 0.00507. The minimum Gasteiger partial charge on any atom is -0.378 e. The van der Waals surface area contributed by atoms with Gasteiger partial charge in [-0.05, 0) is 31.5 Å². The van der Waals surface area contributed by atoms with Gasteiger partial charge < -0.3 is 14.8 Å². The topological polar surface area (TPSA) is 54.3 Å². The molecule has 102 valence electrons. The lowest BCUT2D eigenvalue weighted by Crippen LogP contribution is -2.56. The third kappa shape index (κ3) is 3.01. The van der Waals surface area contributed by atoms with Gasteiger partial charge in [0, 0.05) is 18.7 Å². The van der Waals surface area contributed by atoms with Crippen molar-refractivity contribution in [2.45, 2.75) is 31.6 Å². The second-order valence-electron chi connectivity index (χ2n) is 4.48. The van der Waals surface area contributed by atoms with Gasteiger partial charge in [-0.25, -0.2) is 0 Å². The molecule has 19 heavy (non-hydrogen) atoms. The zero-order valence-electron chi connectivity index (χ0n) is 11.0. The van der Waals surface area contributed by atoms with Crippen LogP contribution in [0.4, 0.5) is 5.69 Å². The average Bonchev–Trinajstić information content (AvgIpc) is 2.38. The number of hydrogen-bond donors (Lipinski definition) is 1. The molecule has 0 aliphatic heterocycles. The lowest BCUT2D eigenvalue weighted by atomic mass is 9.85. The van der Waals surface area contributed by atoms with Crippen molar-refractivity contribution in [2.24, 2.45) is 0 Å². The number of anilines is 1. The lowest BCUT2D eigenvalue weighted by Gasteiger charge is -2.43. The van der Waals surface area contributed by atoms with Crippen LogP contribution in [-0.2, 0) is 9.47 Å². The van der Waals surface area contributed by atoms with E-state index in [4.69, 9.17) is 26.3 Å². The van der Waals surface area contributed by atoms with E-state index in [1.54, 1.807) is 25.3 Å². The number of ether oxygens (including phenoxy) is 2. The van der Waals surface area contributed by atoms with E-state index in [9.17, 15) is 0 Å². The van der Waals surface area contributed by atoms with Crippen molar-refractivity contribution in [1.29, 1.82) is 5.26 Å². The highest BCUT2D eigenvalue weighted by Crippen LogP contribution is 2.31. The normalized spacial score (nSPS) is 25.5. The Labute approximate surface area is 118 Å². The summed E-state index contributed by atoms with van der Waals surface area (Å²) >= 11 is 5.96.